The molecule has 0 bridgehead atoms. The van der Waals surface area contributed by atoms with E-state index in [-0.39, 0.29) is 34.9 Å². The summed E-state index contributed by atoms with van der Waals surface area (Å²) >= 11 is 0. The van der Waals surface area contributed by atoms with Gasteiger partial charge in [-0.25, -0.2) is 9.59 Å². The molecule has 2 saturated carbocycles. The number of hydrogen-bond donors (Lipinski definition) is 2. The third-order valence-corrected chi connectivity index (χ3v) is 6.78. The lowest BCUT2D eigenvalue weighted by atomic mass is 9.85. The van der Waals surface area contributed by atoms with Crippen molar-refractivity contribution in [1.82, 2.24) is 10.6 Å². The van der Waals surface area contributed by atoms with Gasteiger partial charge in [0, 0.05) is 35.8 Å². The Bertz CT molecular complexity index is 621. The number of unbranched alkanes of at least 4 members (excludes halogenated alkanes) is 3. The van der Waals surface area contributed by atoms with Crippen molar-refractivity contribution in [2.45, 2.75) is 89.1 Å². The highest BCUT2D eigenvalue weighted by atomic mass is 16.6. The summed E-state index contributed by atoms with van der Waals surface area (Å²) in [6.07, 6.45) is 8.16. The maximum atomic E-state index is 11.8. The first kappa shape index (κ1) is 27.6. The van der Waals surface area contributed by atoms with Crippen molar-refractivity contribution < 1.29 is 28.9 Å². The topological polar surface area (TPSA) is 163 Å². The van der Waals surface area contributed by atoms with Crippen LogP contribution in [0.5, 0.6) is 0 Å². The highest BCUT2D eigenvalue weighted by Gasteiger charge is 2.35. The minimum Gasteiger partial charge on any atom is -0.449 e. The average molecular weight is 487 g/mol. The molecule has 0 radical (unpaired) electrons. The number of carbonyl (C=O) groups excluding carboxylic acids is 2. The number of ether oxygens (including phenoxy) is 2. The summed E-state index contributed by atoms with van der Waals surface area (Å²) in [6.45, 7) is 1.06. The van der Waals surface area contributed by atoms with Crippen LogP contribution in [0.3, 0.4) is 0 Å². The Hall–Kier alpha value is -2.66. The second-order valence-corrected chi connectivity index (χ2v) is 9.26. The molecule has 4 unspecified atom stereocenters. The van der Waals surface area contributed by atoms with E-state index >= 15 is 0 Å². The van der Waals surface area contributed by atoms with Crippen molar-refractivity contribution in [3.8, 4) is 0 Å². The molecule has 2 fully saturated rings. The van der Waals surface area contributed by atoms with Crippen molar-refractivity contribution in [3.63, 3.8) is 0 Å². The lowest BCUT2D eigenvalue weighted by Gasteiger charge is -2.24. The molecule has 0 aliphatic heterocycles. The summed E-state index contributed by atoms with van der Waals surface area (Å²) in [5, 5.41) is 27.5. The fraction of sp³-hybridized carbons (Fsp3) is 0.909. The van der Waals surface area contributed by atoms with Gasteiger partial charge >= 0.3 is 12.2 Å². The van der Waals surface area contributed by atoms with E-state index in [1.807, 2.05) is 0 Å². The van der Waals surface area contributed by atoms with Crippen LogP contribution in [0.25, 0.3) is 0 Å². The summed E-state index contributed by atoms with van der Waals surface area (Å²) in [5.41, 5.74) is 0. The SMILES string of the molecule is O=C(NCCCCCCNC(=O)OCC1CCCCC1[N+](=O)[O-])OCC1CCCCC1[N+](=O)[O-]. The molecule has 2 aliphatic rings. The molecule has 2 rings (SSSR count). The standard InChI is InChI=1S/C22H38N4O8/c27-21(33-15-17-9-3-5-11-19(17)25(29)30)23-13-7-1-2-8-14-24-22(28)34-16-18-10-4-6-12-20(18)26(31)32/h17-20H,1-16H2,(H,23,27)(H,24,28). The Morgan fingerprint density at radius 3 is 1.44 bits per heavy atom. The maximum absolute atomic E-state index is 11.8. The van der Waals surface area contributed by atoms with Gasteiger partial charge in [0.05, 0.1) is 11.8 Å². The van der Waals surface area contributed by atoms with Crippen LogP contribution in [-0.4, -0.2) is 60.4 Å². The van der Waals surface area contributed by atoms with Gasteiger partial charge in [0.25, 0.3) is 0 Å². The van der Waals surface area contributed by atoms with Gasteiger partial charge in [-0.15, -0.1) is 0 Å². The second-order valence-electron chi connectivity index (χ2n) is 9.26. The Balaban J connectivity index is 1.44. The summed E-state index contributed by atoms with van der Waals surface area (Å²) in [7, 11) is 0. The lowest BCUT2D eigenvalue weighted by Crippen LogP contribution is -2.37. The van der Waals surface area contributed by atoms with Crippen molar-refractivity contribution >= 4 is 12.2 Å². The van der Waals surface area contributed by atoms with Crippen LogP contribution in [0.1, 0.15) is 77.0 Å². The predicted octanol–water partition coefficient (Wildman–Crippen LogP) is 3.67. The fourth-order valence-corrected chi connectivity index (χ4v) is 4.77. The fourth-order valence-electron chi connectivity index (χ4n) is 4.77. The minimum atomic E-state index is -0.627. The number of hydrogen-bond acceptors (Lipinski definition) is 8. The molecule has 194 valence electrons. The van der Waals surface area contributed by atoms with E-state index in [9.17, 15) is 29.8 Å². The summed E-state index contributed by atoms with van der Waals surface area (Å²) in [6, 6.07) is -1.25. The Labute approximate surface area is 199 Å². The number of nitrogens with one attached hydrogen (secondary N) is 2. The van der Waals surface area contributed by atoms with Crippen LogP contribution in [0.2, 0.25) is 0 Å². The van der Waals surface area contributed by atoms with Crippen LogP contribution in [-0.2, 0) is 9.47 Å². The molecule has 0 aromatic heterocycles. The van der Waals surface area contributed by atoms with Gasteiger partial charge in [-0.2, -0.15) is 0 Å². The number of amides is 2. The molecule has 2 aliphatic carbocycles. The van der Waals surface area contributed by atoms with E-state index in [4.69, 9.17) is 9.47 Å². The van der Waals surface area contributed by atoms with Crippen molar-refractivity contribution in [3.05, 3.63) is 20.2 Å². The molecule has 4 atom stereocenters. The Morgan fingerprint density at radius 2 is 1.06 bits per heavy atom. The number of alkyl carbamates (subject to hydrolysis) is 2. The molecular formula is C22H38N4O8. The molecule has 12 nitrogen and oxygen atoms in total. The van der Waals surface area contributed by atoms with Crippen LogP contribution in [0.4, 0.5) is 9.59 Å². The largest absolute Gasteiger partial charge is 0.449 e. The predicted molar refractivity (Wildman–Crippen MR) is 123 cm³/mol. The Kier molecular flexibility index (Phi) is 12.4. The van der Waals surface area contributed by atoms with Crippen LogP contribution in [0.15, 0.2) is 0 Å². The molecular weight excluding hydrogens is 448 g/mol. The van der Waals surface area contributed by atoms with Crippen LogP contribution < -0.4 is 10.6 Å². The lowest BCUT2D eigenvalue weighted by molar-refractivity contribution is -0.536. The van der Waals surface area contributed by atoms with Gasteiger partial charge in [-0.1, -0.05) is 25.7 Å². The van der Waals surface area contributed by atoms with E-state index in [2.05, 4.69) is 10.6 Å². The van der Waals surface area contributed by atoms with Gasteiger partial charge in [0.1, 0.15) is 13.2 Å². The normalized spacial score (nSPS) is 24.6. The van der Waals surface area contributed by atoms with Crippen LogP contribution in [0, 0.1) is 32.1 Å². The smallest absolute Gasteiger partial charge is 0.407 e. The molecule has 34 heavy (non-hydrogen) atoms. The summed E-state index contributed by atoms with van der Waals surface area (Å²) in [4.78, 5) is 45.3. The number of nitrogens with zero attached hydrogens (tertiary/aromatic N) is 2. The van der Waals surface area contributed by atoms with E-state index in [1.165, 1.54) is 0 Å². The highest BCUT2D eigenvalue weighted by Crippen LogP contribution is 2.27. The molecule has 0 aromatic carbocycles. The van der Waals surface area contributed by atoms with Crippen molar-refractivity contribution in [2.75, 3.05) is 26.3 Å². The van der Waals surface area contributed by atoms with Crippen molar-refractivity contribution in [1.29, 1.82) is 0 Å². The van der Waals surface area contributed by atoms with E-state index in [1.54, 1.807) is 0 Å². The zero-order valence-corrected chi connectivity index (χ0v) is 19.8. The first-order valence-corrected chi connectivity index (χ1v) is 12.5. The van der Waals surface area contributed by atoms with Gasteiger partial charge in [0.2, 0.25) is 12.1 Å². The molecule has 0 heterocycles. The van der Waals surface area contributed by atoms with Gasteiger partial charge in [-0.3, -0.25) is 20.2 Å². The third-order valence-electron chi connectivity index (χ3n) is 6.78. The van der Waals surface area contributed by atoms with Gasteiger partial charge < -0.3 is 20.1 Å². The molecule has 0 spiro atoms. The number of nitro groups is 2. The first-order chi connectivity index (χ1) is 16.4. The third kappa shape index (κ3) is 10.1. The van der Waals surface area contributed by atoms with Crippen LogP contribution >= 0.6 is 0 Å². The molecule has 12 heteroatoms. The van der Waals surface area contributed by atoms with Crippen molar-refractivity contribution in [2.24, 2.45) is 11.8 Å². The molecule has 2 amide bonds. The maximum Gasteiger partial charge on any atom is 0.407 e. The summed E-state index contributed by atoms with van der Waals surface area (Å²) < 4.78 is 10.3. The zero-order valence-electron chi connectivity index (χ0n) is 19.8. The number of rotatable bonds is 13. The van der Waals surface area contributed by atoms with E-state index < -0.39 is 24.3 Å². The average Bonchev–Trinajstić information content (AvgIpc) is 2.83. The molecule has 0 aromatic rings. The van der Waals surface area contributed by atoms with Gasteiger partial charge in [0.15, 0.2) is 0 Å². The monoisotopic (exact) mass is 486 g/mol. The minimum absolute atomic E-state index is 0.0761. The Morgan fingerprint density at radius 1 is 0.676 bits per heavy atom. The molecule has 2 N–H and O–H groups in total. The first-order valence-electron chi connectivity index (χ1n) is 12.5. The highest BCUT2D eigenvalue weighted by molar-refractivity contribution is 5.67. The molecule has 0 saturated heterocycles. The summed E-state index contributed by atoms with van der Waals surface area (Å²) in [5.74, 6) is -0.434. The number of carbonyl (C=O) groups is 2. The zero-order chi connectivity index (χ0) is 24.8. The quantitative estimate of drug-likeness (QED) is 0.226. The van der Waals surface area contributed by atoms with Gasteiger partial charge in [-0.05, 0) is 38.5 Å². The van der Waals surface area contributed by atoms with E-state index in [0.717, 1.165) is 51.4 Å². The van der Waals surface area contributed by atoms with E-state index in [0.29, 0.717) is 38.8 Å². The second kappa shape index (κ2) is 15.3.